The molecule has 4 N–H and O–H groups in total. The third-order valence-electron chi connectivity index (χ3n) is 3.90. The summed E-state index contributed by atoms with van der Waals surface area (Å²) in [6.45, 7) is 3.80. The number of carbonyl (C=O) groups excluding carboxylic acids is 3. The standard InChI is InChI=1S/C20H21FN4O3S/c1-12-3-4-13(2)16(11-12)22-17(26)9-10-18(27)24-25-20(29)23-19(28)14-5-7-15(21)8-6-14/h3-8,11H,9-10H2,1-2H3,(H,22,26)(H,24,27)(H2,23,25,28,29). The number of carbonyl (C=O) groups is 3. The van der Waals surface area contributed by atoms with Gasteiger partial charge in [0.25, 0.3) is 5.91 Å². The van der Waals surface area contributed by atoms with Crippen molar-refractivity contribution < 1.29 is 18.8 Å². The van der Waals surface area contributed by atoms with Crippen LogP contribution in [0, 0.1) is 19.7 Å². The Bertz CT molecular complexity index is 932. The van der Waals surface area contributed by atoms with Crippen LogP contribution in [-0.4, -0.2) is 22.8 Å². The van der Waals surface area contributed by atoms with E-state index in [0.29, 0.717) is 5.69 Å². The molecule has 0 aliphatic rings. The third-order valence-corrected chi connectivity index (χ3v) is 4.10. The summed E-state index contributed by atoms with van der Waals surface area (Å²) in [5, 5.41) is 4.98. The van der Waals surface area contributed by atoms with Crippen molar-refractivity contribution in [2.45, 2.75) is 26.7 Å². The fraction of sp³-hybridized carbons (Fsp3) is 0.200. The normalized spacial score (nSPS) is 10.0. The van der Waals surface area contributed by atoms with Crippen LogP contribution in [0.5, 0.6) is 0 Å². The van der Waals surface area contributed by atoms with Crippen molar-refractivity contribution in [1.29, 1.82) is 0 Å². The van der Waals surface area contributed by atoms with E-state index in [0.717, 1.165) is 23.3 Å². The maximum atomic E-state index is 12.9. The first-order valence-corrected chi connectivity index (χ1v) is 9.18. The van der Waals surface area contributed by atoms with Crippen molar-refractivity contribution in [3.8, 4) is 0 Å². The molecule has 2 aromatic carbocycles. The number of aryl methyl sites for hydroxylation is 2. The summed E-state index contributed by atoms with van der Waals surface area (Å²) in [6, 6.07) is 10.6. The Morgan fingerprint density at radius 2 is 1.59 bits per heavy atom. The number of amides is 3. The van der Waals surface area contributed by atoms with Gasteiger partial charge in [-0.15, -0.1) is 0 Å². The SMILES string of the molecule is Cc1ccc(C)c(NC(=O)CCC(=O)NNC(=S)NC(=O)c2ccc(F)cc2)c1. The maximum Gasteiger partial charge on any atom is 0.257 e. The van der Waals surface area contributed by atoms with Gasteiger partial charge in [0.05, 0.1) is 0 Å². The Morgan fingerprint density at radius 3 is 2.28 bits per heavy atom. The third kappa shape index (κ3) is 7.30. The zero-order chi connectivity index (χ0) is 21.4. The van der Waals surface area contributed by atoms with E-state index in [1.54, 1.807) is 0 Å². The molecule has 0 spiro atoms. The second-order valence-electron chi connectivity index (χ2n) is 6.33. The van der Waals surface area contributed by atoms with Crippen LogP contribution in [0.1, 0.15) is 34.3 Å². The summed E-state index contributed by atoms with van der Waals surface area (Å²) in [6.07, 6.45) is -0.0895. The van der Waals surface area contributed by atoms with Gasteiger partial charge in [-0.3, -0.25) is 30.6 Å². The lowest BCUT2D eigenvalue weighted by atomic mass is 10.1. The first-order chi connectivity index (χ1) is 13.7. The molecule has 0 saturated carbocycles. The Hall–Kier alpha value is -3.33. The molecule has 0 aromatic heterocycles. The zero-order valence-corrected chi connectivity index (χ0v) is 16.8. The molecule has 0 aliphatic carbocycles. The second-order valence-corrected chi connectivity index (χ2v) is 6.74. The molecule has 0 unspecified atom stereocenters. The fourth-order valence-corrected chi connectivity index (χ4v) is 2.45. The predicted octanol–water partition coefficient (Wildman–Crippen LogP) is 2.50. The largest absolute Gasteiger partial charge is 0.326 e. The molecule has 7 nitrogen and oxygen atoms in total. The van der Waals surface area contributed by atoms with E-state index in [1.165, 1.54) is 12.1 Å². The van der Waals surface area contributed by atoms with Gasteiger partial charge >= 0.3 is 0 Å². The molecule has 9 heteroatoms. The van der Waals surface area contributed by atoms with Crippen LogP contribution in [0.4, 0.5) is 10.1 Å². The molecule has 0 bridgehead atoms. The second kappa shape index (κ2) is 10.3. The van der Waals surface area contributed by atoms with Gasteiger partial charge in [0.1, 0.15) is 5.82 Å². The van der Waals surface area contributed by atoms with Crippen molar-refractivity contribution in [3.63, 3.8) is 0 Å². The highest BCUT2D eigenvalue weighted by Gasteiger charge is 2.11. The molecule has 152 valence electrons. The average molecular weight is 416 g/mol. The summed E-state index contributed by atoms with van der Waals surface area (Å²) >= 11 is 4.91. The molecular weight excluding hydrogens is 395 g/mol. The minimum absolute atomic E-state index is 0.0183. The maximum absolute atomic E-state index is 12.9. The average Bonchev–Trinajstić information content (AvgIpc) is 2.68. The lowest BCUT2D eigenvalue weighted by molar-refractivity contribution is -0.124. The van der Waals surface area contributed by atoms with Crippen LogP contribution >= 0.6 is 12.2 Å². The van der Waals surface area contributed by atoms with E-state index >= 15 is 0 Å². The molecule has 3 amide bonds. The molecule has 0 atom stereocenters. The van der Waals surface area contributed by atoms with Gasteiger partial charge in [0.15, 0.2) is 5.11 Å². The van der Waals surface area contributed by atoms with E-state index in [2.05, 4.69) is 21.5 Å². The highest BCUT2D eigenvalue weighted by Crippen LogP contribution is 2.16. The van der Waals surface area contributed by atoms with Crippen LogP contribution in [0.3, 0.4) is 0 Å². The number of anilines is 1. The minimum Gasteiger partial charge on any atom is -0.326 e. The van der Waals surface area contributed by atoms with Gasteiger partial charge in [-0.25, -0.2) is 4.39 Å². The van der Waals surface area contributed by atoms with Crippen molar-refractivity contribution >= 4 is 40.7 Å². The highest BCUT2D eigenvalue weighted by molar-refractivity contribution is 7.80. The van der Waals surface area contributed by atoms with Crippen LogP contribution < -0.4 is 21.5 Å². The summed E-state index contributed by atoms with van der Waals surface area (Å²) in [5.74, 6) is -1.78. The summed E-state index contributed by atoms with van der Waals surface area (Å²) in [5.41, 5.74) is 7.55. The van der Waals surface area contributed by atoms with Gasteiger partial charge in [-0.1, -0.05) is 12.1 Å². The lowest BCUT2D eigenvalue weighted by Gasteiger charge is -2.11. The summed E-state index contributed by atoms with van der Waals surface area (Å²) in [4.78, 5) is 35.8. The molecule has 29 heavy (non-hydrogen) atoms. The lowest BCUT2D eigenvalue weighted by Crippen LogP contribution is -2.48. The first kappa shape index (κ1) is 22.0. The number of rotatable bonds is 5. The van der Waals surface area contributed by atoms with E-state index in [9.17, 15) is 18.8 Å². The van der Waals surface area contributed by atoms with E-state index in [-0.39, 0.29) is 29.4 Å². The van der Waals surface area contributed by atoms with Gasteiger partial charge in [0.2, 0.25) is 11.8 Å². The quantitative estimate of drug-likeness (QED) is 0.443. The number of benzene rings is 2. The summed E-state index contributed by atoms with van der Waals surface area (Å²) in [7, 11) is 0. The Labute approximate surface area is 173 Å². The number of hydrogen-bond acceptors (Lipinski definition) is 4. The molecular formula is C20H21FN4O3S. The molecule has 0 fully saturated rings. The molecule has 2 aromatic rings. The fourth-order valence-electron chi connectivity index (χ4n) is 2.31. The zero-order valence-electron chi connectivity index (χ0n) is 16.0. The Balaban J connectivity index is 1.71. The van der Waals surface area contributed by atoms with E-state index in [4.69, 9.17) is 12.2 Å². The van der Waals surface area contributed by atoms with Gasteiger partial charge < -0.3 is 5.32 Å². The van der Waals surface area contributed by atoms with Gasteiger partial charge in [-0.2, -0.15) is 0 Å². The number of hydrogen-bond donors (Lipinski definition) is 4. The Kier molecular flexibility index (Phi) is 7.79. The van der Waals surface area contributed by atoms with Crippen molar-refractivity contribution in [1.82, 2.24) is 16.2 Å². The van der Waals surface area contributed by atoms with Crippen molar-refractivity contribution in [2.24, 2.45) is 0 Å². The van der Waals surface area contributed by atoms with Crippen LogP contribution in [0.25, 0.3) is 0 Å². The number of hydrazine groups is 1. The van der Waals surface area contributed by atoms with Crippen LogP contribution in [0.15, 0.2) is 42.5 Å². The van der Waals surface area contributed by atoms with Gasteiger partial charge in [0, 0.05) is 24.1 Å². The van der Waals surface area contributed by atoms with E-state index in [1.807, 2.05) is 32.0 Å². The predicted molar refractivity (Wildman–Crippen MR) is 112 cm³/mol. The molecule has 0 heterocycles. The molecule has 2 rings (SSSR count). The van der Waals surface area contributed by atoms with Crippen LogP contribution in [-0.2, 0) is 9.59 Å². The Morgan fingerprint density at radius 1 is 0.931 bits per heavy atom. The monoisotopic (exact) mass is 416 g/mol. The molecule has 0 radical (unpaired) electrons. The summed E-state index contributed by atoms with van der Waals surface area (Å²) < 4.78 is 12.9. The van der Waals surface area contributed by atoms with Gasteiger partial charge in [-0.05, 0) is 67.5 Å². The molecule has 0 aliphatic heterocycles. The first-order valence-electron chi connectivity index (χ1n) is 8.77. The number of nitrogens with one attached hydrogen (secondary N) is 4. The van der Waals surface area contributed by atoms with Crippen molar-refractivity contribution in [2.75, 3.05) is 5.32 Å². The van der Waals surface area contributed by atoms with Crippen LogP contribution in [0.2, 0.25) is 0 Å². The number of halogens is 1. The highest BCUT2D eigenvalue weighted by atomic mass is 32.1. The van der Waals surface area contributed by atoms with Crippen molar-refractivity contribution in [3.05, 3.63) is 65.0 Å². The minimum atomic E-state index is -0.551. The molecule has 0 saturated heterocycles. The smallest absolute Gasteiger partial charge is 0.257 e. The number of thiocarbonyl (C=S) groups is 1. The van der Waals surface area contributed by atoms with E-state index < -0.39 is 17.6 Å². The topological polar surface area (TPSA) is 99.3 Å².